The fraction of sp³-hybridized carbons (Fsp3) is 0.333. The zero-order chi connectivity index (χ0) is 8.55. The molecule has 1 aromatic carbocycles. The third kappa shape index (κ3) is 1.23. The zero-order valence-corrected chi connectivity index (χ0v) is 6.87. The second kappa shape index (κ2) is 2.68. The van der Waals surface area contributed by atoms with Crippen molar-refractivity contribution in [2.45, 2.75) is 13.2 Å². The minimum atomic E-state index is -0.584. The third-order valence-corrected chi connectivity index (χ3v) is 1.85. The molecule has 0 aromatic heterocycles. The summed E-state index contributed by atoms with van der Waals surface area (Å²) in [5, 5.41) is 12.1. The van der Waals surface area contributed by atoms with Crippen molar-refractivity contribution in [3.63, 3.8) is 0 Å². The third-order valence-electron chi connectivity index (χ3n) is 1.85. The van der Waals surface area contributed by atoms with Gasteiger partial charge in [0.25, 0.3) is 0 Å². The number of ether oxygens (including phenoxy) is 1. The Kier molecular flexibility index (Phi) is 1.66. The standard InChI is InChI=1S/C9H11NO2/c1-6-2-3-8-7(4-6)10-9(11)5-12-8/h2-4,9-11H,5H2,1H3. The number of fused-ring (bicyclic) bond motifs is 1. The van der Waals surface area contributed by atoms with Crippen molar-refractivity contribution in [2.75, 3.05) is 11.9 Å². The second-order valence-electron chi connectivity index (χ2n) is 2.97. The second-order valence-corrected chi connectivity index (χ2v) is 2.97. The molecule has 0 bridgehead atoms. The van der Waals surface area contributed by atoms with Crippen molar-refractivity contribution in [1.82, 2.24) is 0 Å². The molecular weight excluding hydrogens is 154 g/mol. The summed E-state index contributed by atoms with van der Waals surface area (Å²) >= 11 is 0. The number of aliphatic hydroxyl groups excluding tert-OH is 1. The monoisotopic (exact) mass is 165 g/mol. The van der Waals surface area contributed by atoms with Crippen LogP contribution in [0.1, 0.15) is 5.56 Å². The van der Waals surface area contributed by atoms with Gasteiger partial charge in [0, 0.05) is 0 Å². The lowest BCUT2D eigenvalue weighted by Crippen LogP contribution is -2.30. The molecule has 0 saturated carbocycles. The van der Waals surface area contributed by atoms with Gasteiger partial charge in [-0.3, -0.25) is 0 Å². The van der Waals surface area contributed by atoms with Gasteiger partial charge >= 0.3 is 0 Å². The van der Waals surface area contributed by atoms with Crippen LogP contribution in [0.2, 0.25) is 0 Å². The summed E-state index contributed by atoms with van der Waals surface area (Å²) in [5.41, 5.74) is 2.02. The van der Waals surface area contributed by atoms with Gasteiger partial charge in [-0.1, -0.05) is 6.07 Å². The van der Waals surface area contributed by atoms with Crippen LogP contribution < -0.4 is 10.1 Å². The average molecular weight is 165 g/mol. The Morgan fingerprint density at radius 3 is 3.25 bits per heavy atom. The predicted molar refractivity (Wildman–Crippen MR) is 46.3 cm³/mol. The summed E-state index contributed by atoms with van der Waals surface area (Å²) in [5.74, 6) is 0.811. The maximum absolute atomic E-state index is 9.21. The number of rotatable bonds is 0. The lowest BCUT2D eigenvalue weighted by molar-refractivity contribution is 0.119. The van der Waals surface area contributed by atoms with Crippen LogP contribution in [0.15, 0.2) is 18.2 Å². The highest BCUT2D eigenvalue weighted by Crippen LogP contribution is 2.28. The summed E-state index contributed by atoms with van der Waals surface area (Å²) in [7, 11) is 0. The van der Waals surface area contributed by atoms with Crippen LogP contribution in [0, 0.1) is 6.92 Å². The van der Waals surface area contributed by atoms with Gasteiger partial charge in [-0.05, 0) is 24.6 Å². The van der Waals surface area contributed by atoms with Crippen LogP contribution in [0.5, 0.6) is 5.75 Å². The molecule has 0 fully saturated rings. The predicted octanol–water partition coefficient (Wildman–Crippen LogP) is 1.12. The van der Waals surface area contributed by atoms with Crippen LogP contribution in [0.25, 0.3) is 0 Å². The lowest BCUT2D eigenvalue weighted by Gasteiger charge is -2.23. The fourth-order valence-electron chi connectivity index (χ4n) is 1.27. The van der Waals surface area contributed by atoms with Crippen molar-refractivity contribution in [1.29, 1.82) is 0 Å². The highest BCUT2D eigenvalue weighted by atomic mass is 16.5. The number of aliphatic hydroxyl groups is 1. The Bertz CT molecular complexity index is 299. The first-order valence-electron chi connectivity index (χ1n) is 3.94. The maximum atomic E-state index is 9.21. The van der Waals surface area contributed by atoms with Crippen molar-refractivity contribution in [3.8, 4) is 5.75 Å². The van der Waals surface area contributed by atoms with E-state index in [0.717, 1.165) is 17.0 Å². The molecule has 1 heterocycles. The van der Waals surface area contributed by atoms with Gasteiger partial charge in [0.2, 0.25) is 0 Å². The molecule has 0 radical (unpaired) electrons. The van der Waals surface area contributed by atoms with E-state index < -0.39 is 6.23 Å². The first-order chi connectivity index (χ1) is 5.75. The highest BCUT2D eigenvalue weighted by molar-refractivity contribution is 5.59. The van der Waals surface area contributed by atoms with Gasteiger partial charge in [-0.25, -0.2) is 0 Å². The van der Waals surface area contributed by atoms with Gasteiger partial charge < -0.3 is 15.2 Å². The van der Waals surface area contributed by atoms with E-state index in [0.29, 0.717) is 6.61 Å². The molecule has 1 aliphatic heterocycles. The molecule has 1 unspecified atom stereocenters. The smallest absolute Gasteiger partial charge is 0.159 e. The fourth-order valence-corrected chi connectivity index (χ4v) is 1.27. The van der Waals surface area contributed by atoms with E-state index in [1.54, 1.807) is 0 Å². The van der Waals surface area contributed by atoms with Crippen LogP contribution in [-0.4, -0.2) is 17.9 Å². The van der Waals surface area contributed by atoms with E-state index in [4.69, 9.17) is 4.74 Å². The summed E-state index contributed by atoms with van der Waals surface area (Å²) in [6.45, 7) is 2.32. The minimum absolute atomic E-state index is 0.316. The van der Waals surface area contributed by atoms with Crippen LogP contribution in [-0.2, 0) is 0 Å². The van der Waals surface area contributed by atoms with E-state index in [-0.39, 0.29) is 0 Å². The van der Waals surface area contributed by atoms with Gasteiger partial charge in [0.1, 0.15) is 12.4 Å². The Hall–Kier alpha value is -1.22. The number of anilines is 1. The molecule has 3 heteroatoms. The number of hydrogen-bond acceptors (Lipinski definition) is 3. The van der Waals surface area contributed by atoms with Crippen LogP contribution in [0.3, 0.4) is 0 Å². The Morgan fingerprint density at radius 1 is 1.58 bits per heavy atom. The Morgan fingerprint density at radius 2 is 2.42 bits per heavy atom. The van der Waals surface area contributed by atoms with E-state index in [1.807, 2.05) is 25.1 Å². The molecule has 64 valence electrons. The Labute approximate surface area is 71.0 Å². The summed E-state index contributed by atoms with van der Waals surface area (Å²) in [4.78, 5) is 0. The molecule has 2 N–H and O–H groups in total. The number of nitrogens with one attached hydrogen (secondary N) is 1. The molecule has 3 nitrogen and oxygen atoms in total. The normalized spacial score (nSPS) is 20.7. The topological polar surface area (TPSA) is 41.5 Å². The largest absolute Gasteiger partial charge is 0.487 e. The quantitative estimate of drug-likeness (QED) is 0.605. The average Bonchev–Trinajstić information content (AvgIpc) is 2.03. The van der Waals surface area contributed by atoms with Crippen LogP contribution in [0.4, 0.5) is 5.69 Å². The zero-order valence-electron chi connectivity index (χ0n) is 6.87. The minimum Gasteiger partial charge on any atom is -0.487 e. The van der Waals surface area contributed by atoms with E-state index in [1.165, 1.54) is 0 Å². The molecule has 0 saturated heterocycles. The molecular formula is C9H11NO2. The summed E-state index contributed by atoms with van der Waals surface area (Å²) < 4.78 is 5.28. The lowest BCUT2D eigenvalue weighted by atomic mass is 10.2. The van der Waals surface area contributed by atoms with E-state index >= 15 is 0 Å². The summed E-state index contributed by atoms with van der Waals surface area (Å²) in [6.07, 6.45) is -0.584. The Balaban J connectivity index is 2.37. The first-order valence-corrected chi connectivity index (χ1v) is 3.94. The molecule has 0 spiro atoms. The van der Waals surface area contributed by atoms with E-state index in [2.05, 4.69) is 5.32 Å². The van der Waals surface area contributed by atoms with Gasteiger partial charge in [-0.15, -0.1) is 0 Å². The molecule has 1 aliphatic rings. The van der Waals surface area contributed by atoms with Crippen LogP contribution >= 0.6 is 0 Å². The highest BCUT2D eigenvalue weighted by Gasteiger charge is 2.15. The van der Waals surface area contributed by atoms with Crippen molar-refractivity contribution in [2.24, 2.45) is 0 Å². The van der Waals surface area contributed by atoms with Gasteiger partial charge in [0.05, 0.1) is 5.69 Å². The van der Waals surface area contributed by atoms with Crippen molar-refractivity contribution in [3.05, 3.63) is 23.8 Å². The molecule has 2 rings (SSSR count). The maximum Gasteiger partial charge on any atom is 0.159 e. The molecule has 1 atom stereocenters. The molecule has 12 heavy (non-hydrogen) atoms. The first kappa shape index (κ1) is 7.43. The van der Waals surface area contributed by atoms with Gasteiger partial charge in [-0.2, -0.15) is 0 Å². The molecule has 1 aromatic rings. The number of benzene rings is 1. The van der Waals surface area contributed by atoms with Crippen molar-refractivity contribution >= 4 is 5.69 Å². The SMILES string of the molecule is Cc1ccc2c(c1)NC(O)CO2. The summed E-state index contributed by atoms with van der Waals surface area (Å²) in [6, 6.07) is 5.85. The molecule has 0 amide bonds. The van der Waals surface area contributed by atoms with Gasteiger partial charge in [0.15, 0.2) is 6.23 Å². The number of hydrogen-bond donors (Lipinski definition) is 2. The van der Waals surface area contributed by atoms with Crippen molar-refractivity contribution < 1.29 is 9.84 Å². The number of aryl methyl sites for hydroxylation is 1. The van der Waals surface area contributed by atoms with E-state index in [9.17, 15) is 5.11 Å². The molecule has 0 aliphatic carbocycles.